The second-order valence-electron chi connectivity index (χ2n) is 13.6. The lowest BCUT2D eigenvalue weighted by Crippen LogP contribution is -2.16. The molecule has 9 aromatic rings. The zero-order chi connectivity index (χ0) is 32.0. The van der Waals surface area contributed by atoms with Gasteiger partial charge in [-0.3, -0.25) is 0 Å². The summed E-state index contributed by atoms with van der Waals surface area (Å²) in [4.78, 5) is 0. The highest BCUT2D eigenvalue weighted by Crippen LogP contribution is 2.56. The van der Waals surface area contributed by atoms with E-state index in [1.807, 2.05) is 11.3 Å². The summed E-state index contributed by atoms with van der Waals surface area (Å²) in [6, 6.07) is 58.6. The fourth-order valence-corrected chi connectivity index (χ4v) is 9.75. The van der Waals surface area contributed by atoms with Gasteiger partial charge in [0.25, 0.3) is 0 Å². The summed E-state index contributed by atoms with van der Waals surface area (Å²) in [5.74, 6) is 0. The van der Waals surface area contributed by atoms with Crippen LogP contribution in [0.1, 0.15) is 25.0 Å². The van der Waals surface area contributed by atoms with E-state index in [9.17, 15) is 0 Å². The average Bonchev–Trinajstić information content (AvgIpc) is 3.62. The molecule has 1 heteroatoms. The van der Waals surface area contributed by atoms with Crippen LogP contribution in [0.3, 0.4) is 0 Å². The second kappa shape index (κ2) is 10.2. The van der Waals surface area contributed by atoms with Gasteiger partial charge in [0.05, 0.1) is 0 Å². The van der Waals surface area contributed by atoms with E-state index in [0.29, 0.717) is 0 Å². The highest BCUT2D eigenvalue weighted by molar-refractivity contribution is 7.26. The summed E-state index contributed by atoms with van der Waals surface area (Å²) in [7, 11) is 0. The molecule has 0 fully saturated rings. The van der Waals surface area contributed by atoms with E-state index in [1.54, 1.807) is 0 Å². The van der Waals surface area contributed by atoms with Crippen LogP contribution in [-0.2, 0) is 5.41 Å². The van der Waals surface area contributed by atoms with E-state index in [-0.39, 0.29) is 5.41 Å². The van der Waals surface area contributed by atoms with E-state index in [2.05, 4.69) is 172 Å². The topological polar surface area (TPSA) is 0 Å². The van der Waals surface area contributed by atoms with Gasteiger partial charge in [-0.15, -0.1) is 11.3 Å². The Kier molecular flexibility index (Phi) is 5.89. The summed E-state index contributed by atoms with van der Waals surface area (Å²) in [6.45, 7) is 4.81. The number of benzene rings is 8. The minimum absolute atomic E-state index is 0.114. The van der Waals surface area contributed by atoms with Crippen LogP contribution < -0.4 is 0 Å². The molecular weight excluding hydrogens is 597 g/mol. The molecule has 0 amide bonds. The third kappa shape index (κ3) is 3.83. The van der Waals surface area contributed by atoms with Gasteiger partial charge < -0.3 is 0 Å². The van der Waals surface area contributed by atoms with E-state index in [4.69, 9.17) is 0 Å². The number of hydrogen-bond donors (Lipinski definition) is 0. The van der Waals surface area contributed by atoms with Crippen molar-refractivity contribution in [1.82, 2.24) is 0 Å². The fraction of sp³-hybridized carbons (Fsp3) is 0.0638. The Morgan fingerprint density at radius 3 is 1.50 bits per heavy atom. The molecule has 48 heavy (non-hydrogen) atoms. The molecule has 0 N–H and O–H groups in total. The molecule has 226 valence electrons. The summed E-state index contributed by atoms with van der Waals surface area (Å²) >= 11 is 1.91. The Hall–Kier alpha value is -5.50. The van der Waals surface area contributed by atoms with Crippen molar-refractivity contribution >= 4 is 53.1 Å². The first kappa shape index (κ1) is 27.6. The summed E-state index contributed by atoms with van der Waals surface area (Å²) in [5, 5.41) is 7.87. The van der Waals surface area contributed by atoms with Crippen LogP contribution in [-0.4, -0.2) is 0 Å². The largest absolute Gasteiger partial charge is 0.135 e. The summed E-state index contributed by atoms with van der Waals surface area (Å²) < 4.78 is 2.70. The normalized spacial score (nSPS) is 13.4. The first-order chi connectivity index (χ1) is 23.6. The van der Waals surface area contributed by atoms with Gasteiger partial charge >= 0.3 is 0 Å². The average molecular weight is 629 g/mol. The van der Waals surface area contributed by atoms with Crippen LogP contribution in [0.4, 0.5) is 0 Å². The summed E-state index contributed by atoms with van der Waals surface area (Å²) in [5.41, 5.74) is 13.2. The lowest BCUT2D eigenvalue weighted by molar-refractivity contribution is 0.663. The second-order valence-corrected chi connectivity index (χ2v) is 14.7. The molecule has 0 nitrogen and oxygen atoms in total. The Balaban J connectivity index is 1.24. The van der Waals surface area contributed by atoms with Gasteiger partial charge in [0.1, 0.15) is 0 Å². The van der Waals surface area contributed by atoms with Gasteiger partial charge in [0.15, 0.2) is 0 Å². The minimum Gasteiger partial charge on any atom is -0.135 e. The lowest BCUT2D eigenvalue weighted by Gasteiger charge is -2.25. The first-order valence-electron chi connectivity index (χ1n) is 16.8. The Morgan fingerprint density at radius 1 is 0.396 bits per heavy atom. The molecule has 8 aromatic carbocycles. The van der Waals surface area contributed by atoms with E-state index in [0.717, 1.165) is 0 Å². The van der Waals surface area contributed by atoms with E-state index >= 15 is 0 Å². The van der Waals surface area contributed by atoms with Crippen molar-refractivity contribution < 1.29 is 0 Å². The first-order valence-corrected chi connectivity index (χ1v) is 17.6. The predicted octanol–water partition coefficient (Wildman–Crippen LogP) is 13.7. The molecule has 0 radical (unpaired) electrons. The van der Waals surface area contributed by atoms with Gasteiger partial charge in [-0.2, -0.15) is 0 Å². The molecule has 1 aromatic heterocycles. The molecule has 0 spiro atoms. The zero-order valence-corrected chi connectivity index (χ0v) is 27.7. The van der Waals surface area contributed by atoms with Crippen LogP contribution >= 0.6 is 11.3 Å². The Bertz CT molecular complexity index is 2670. The highest BCUT2D eigenvalue weighted by Gasteiger charge is 2.39. The summed E-state index contributed by atoms with van der Waals surface area (Å²) in [6.07, 6.45) is 0. The molecule has 0 unspecified atom stereocenters. The van der Waals surface area contributed by atoms with Gasteiger partial charge in [-0.1, -0.05) is 159 Å². The highest BCUT2D eigenvalue weighted by atomic mass is 32.1. The van der Waals surface area contributed by atoms with Gasteiger partial charge in [0, 0.05) is 25.6 Å². The van der Waals surface area contributed by atoms with Crippen molar-refractivity contribution in [2.45, 2.75) is 19.3 Å². The maximum atomic E-state index is 2.47. The van der Waals surface area contributed by atoms with Crippen molar-refractivity contribution in [2.24, 2.45) is 0 Å². The fourth-order valence-electron chi connectivity index (χ4n) is 8.59. The van der Waals surface area contributed by atoms with Gasteiger partial charge in [-0.25, -0.2) is 0 Å². The van der Waals surface area contributed by atoms with Crippen molar-refractivity contribution in [2.75, 3.05) is 0 Å². The molecule has 0 saturated heterocycles. The molecule has 10 rings (SSSR count). The number of thiophene rings is 1. The third-order valence-corrected chi connectivity index (χ3v) is 11.8. The van der Waals surface area contributed by atoms with Gasteiger partial charge in [0.2, 0.25) is 0 Å². The quantitative estimate of drug-likeness (QED) is 0.171. The van der Waals surface area contributed by atoms with E-state index in [1.165, 1.54) is 97.4 Å². The van der Waals surface area contributed by atoms with Crippen molar-refractivity contribution in [3.05, 3.63) is 169 Å². The van der Waals surface area contributed by atoms with Crippen molar-refractivity contribution in [3.63, 3.8) is 0 Å². The number of hydrogen-bond acceptors (Lipinski definition) is 1. The molecule has 1 aliphatic rings. The number of rotatable bonds is 3. The molecule has 0 bridgehead atoms. The third-order valence-electron chi connectivity index (χ3n) is 10.6. The minimum atomic E-state index is -0.114. The molecule has 0 atom stereocenters. The van der Waals surface area contributed by atoms with Crippen molar-refractivity contribution in [1.29, 1.82) is 0 Å². The van der Waals surface area contributed by atoms with Crippen molar-refractivity contribution in [3.8, 4) is 44.5 Å². The molecule has 0 saturated carbocycles. The molecular formula is C47H32S. The smallest absolute Gasteiger partial charge is 0.0368 e. The standard InChI is InChI=1S/C47H32S/c1-47(2)39-22-12-10-16-32(39)38-28-41-45(37-21-11-13-23-40(37)48-41)44(46(38)47)31-26-24-30(25-27-31)43-35-19-8-6-17-33(35)42(29-14-4-3-5-15-29)34-18-7-9-20-36(34)43/h3-28H,1-2H3. The van der Waals surface area contributed by atoms with Crippen LogP contribution in [0.25, 0.3) is 86.2 Å². The van der Waals surface area contributed by atoms with E-state index < -0.39 is 0 Å². The molecule has 0 aliphatic heterocycles. The Morgan fingerprint density at radius 2 is 0.875 bits per heavy atom. The predicted molar refractivity (Wildman–Crippen MR) is 208 cm³/mol. The SMILES string of the molecule is CC1(C)c2ccccc2-c2cc3sc4ccccc4c3c(-c3ccc(-c4c5ccccc5c(-c5ccccc5)c5ccccc45)cc3)c21. The van der Waals surface area contributed by atoms with Crippen LogP contribution in [0.5, 0.6) is 0 Å². The maximum Gasteiger partial charge on any atom is 0.0368 e. The van der Waals surface area contributed by atoms with Gasteiger partial charge in [-0.05, 0) is 89.3 Å². The van der Waals surface area contributed by atoms with Crippen LogP contribution in [0, 0.1) is 0 Å². The van der Waals surface area contributed by atoms with Crippen LogP contribution in [0.15, 0.2) is 158 Å². The molecule has 1 heterocycles. The van der Waals surface area contributed by atoms with Crippen LogP contribution in [0.2, 0.25) is 0 Å². The lowest BCUT2D eigenvalue weighted by atomic mass is 9.77. The Labute approximate surface area is 284 Å². The maximum absolute atomic E-state index is 2.47. The number of fused-ring (bicyclic) bond motifs is 8. The molecule has 1 aliphatic carbocycles. The zero-order valence-electron chi connectivity index (χ0n) is 26.9. The monoisotopic (exact) mass is 628 g/mol.